The first-order valence-corrected chi connectivity index (χ1v) is 8.10. The molecule has 0 saturated carbocycles. The zero-order chi connectivity index (χ0) is 14.4. The van der Waals surface area contributed by atoms with E-state index in [4.69, 9.17) is 11.6 Å². The van der Waals surface area contributed by atoms with Crippen molar-refractivity contribution >= 4 is 27.5 Å². The van der Waals surface area contributed by atoms with Crippen LogP contribution < -0.4 is 5.32 Å². The SMILES string of the molecule is CCCNCC(c1ccccc1)c1ccc(Cl)c(Br)c1. The van der Waals surface area contributed by atoms with Crippen LogP contribution >= 0.6 is 27.5 Å². The maximum absolute atomic E-state index is 6.10. The Balaban J connectivity index is 2.28. The van der Waals surface area contributed by atoms with Gasteiger partial charge in [-0.25, -0.2) is 0 Å². The van der Waals surface area contributed by atoms with Crippen LogP contribution in [-0.2, 0) is 0 Å². The Morgan fingerprint density at radius 2 is 1.85 bits per heavy atom. The van der Waals surface area contributed by atoms with Gasteiger partial charge in [0, 0.05) is 16.9 Å². The molecule has 20 heavy (non-hydrogen) atoms. The molecule has 0 spiro atoms. The second kappa shape index (κ2) is 7.82. The number of halogens is 2. The fourth-order valence-electron chi connectivity index (χ4n) is 2.27. The number of benzene rings is 2. The molecule has 2 aromatic carbocycles. The third-order valence-electron chi connectivity index (χ3n) is 3.32. The van der Waals surface area contributed by atoms with Crippen molar-refractivity contribution in [2.45, 2.75) is 19.3 Å². The van der Waals surface area contributed by atoms with Crippen LogP contribution in [0.3, 0.4) is 0 Å². The van der Waals surface area contributed by atoms with Gasteiger partial charge in [-0.1, -0.05) is 54.9 Å². The van der Waals surface area contributed by atoms with E-state index in [1.165, 1.54) is 11.1 Å². The van der Waals surface area contributed by atoms with Gasteiger partial charge in [0.25, 0.3) is 0 Å². The average Bonchev–Trinajstić information content (AvgIpc) is 2.48. The smallest absolute Gasteiger partial charge is 0.0548 e. The Hall–Kier alpha value is -0.830. The molecule has 106 valence electrons. The van der Waals surface area contributed by atoms with Gasteiger partial charge >= 0.3 is 0 Å². The van der Waals surface area contributed by atoms with E-state index >= 15 is 0 Å². The minimum atomic E-state index is 0.344. The lowest BCUT2D eigenvalue weighted by Gasteiger charge is -2.19. The van der Waals surface area contributed by atoms with Crippen molar-refractivity contribution in [3.8, 4) is 0 Å². The van der Waals surface area contributed by atoms with Crippen molar-refractivity contribution in [3.63, 3.8) is 0 Å². The van der Waals surface area contributed by atoms with E-state index in [-0.39, 0.29) is 0 Å². The molecular formula is C17H19BrClN. The number of hydrogen-bond acceptors (Lipinski definition) is 1. The Morgan fingerprint density at radius 1 is 1.10 bits per heavy atom. The molecule has 1 atom stereocenters. The lowest BCUT2D eigenvalue weighted by atomic mass is 9.91. The molecule has 0 aliphatic rings. The average molecular weight is 353 g/mol. The van der Waals surface area contributed by atoms with Crippen LogP contribution in [0.5, 0.6) is 0 Å². The molecule has 0 aliphatic carbocycles. The molecule has 1 unspecified atom stereocenters. The summed E-state index contributed by atoms with van der Waals surface area (Å²) in [6, 6.07) is 16.8. The van der Waals surface area contributed by atoms with E-state index < -0.39 is 0 Å². The van der Waals surface area contributed by atoms with Gasteiger partial charge in [0.2, 0.25) is 0 Å². The molecule has 2 rings (SSSR count). The molecule has 0 fully saturated rings. The quantitative estimate of drug-likeness (QED) is 0.702. The van der Waals surface area contributed by atoms with Gasteiger partial charge in [0.1, 0.15) is 0 Å². The maximum Gasteiger partial charge on any atom is 0.0548 e. The highest BCUT2D eigenvalue weighted by atomic mass is 79.9. The molecular weight excluding hydrogens is 334 g/mol. The monoisotopic (exact) mass is 351 g/mol. The molecule has 1 N–H and O–H groups in total. The van der Waals surface area contributed by atoms with Crippen molar-refractivity contribution < 1.29 is 0 Å². The highest BCUT2D eigenvalue weighted by Gasteiger charge is 2.14. The van der Waals surface area contributed by atoms with E-state index in [1.807, 2.05) is 6.07 Å². The topological polar surface area (TPSA) is 12.0 Å². The Labute approximate surface area is 134 Å². The lowest BCUT2D eigenvalue weighted by Crippen LogP contribution is -2.23. The van der Waals surface area contributed by atoms with Crippen LogP contribution in [-0.4, -0.2) is 13.1 Å². The Bertz CT molecular complexity index is 542. The van der Waals surface area contributed by atoms with Crippen LogP contribution in [0.25, 0.3) is 0 Å². The molecule has 0 heterocycles. The molecule has 1 nitrogen and oxygen atoms in total. The fourth-order valence-corrected chi connectivity index (χ4v) is 2.78. The molecule has 3 heteroatoms. The van der Waals surface area contributed by atoms with Gasteiger partial charge in [-0.2, -0.15) is 0 Å². The van der Waals surface area contributed by atoms with Gasteiger partial charge < -0.3 is 5.32 Å². The number of rotatable bonds is 6. The summed E-state index contributed by atoms with van der Waals surface area (Å²) >= 11 is 9.61. The number of nitrogens with one attached hydrogen (secondary N) is 1. The fraction of sp³-hybridized carbons (Fsp3) is 0.294. The van der Waals surface area contributed by atoms with Gasteiger partial charge in [-0.05, 0) is 52.2 Å². The third kappa shape index (κ3) is 4.08. The largest absolute Gasteiger partial charge is 0.316 e. The van der Waals surface area contributed by atoms with Crippen LogP contribution in [0.4, 0.5) is 0 Å². The first-order chi connectivity index (χ1) is 9.72. The molecule has 0 radical (unpaired) electrons. The van der Waals surface area contributed by atoms with Crippen LogP contribution in [0.15, 0.2) is 53.0 Å². The van der Waals surface area contributed by atoms with Crippen LogP contribution in [0.2, 0.25) is 5.02 Å². The summed E-state index contributed by atoms with van der Waals surface area (Å²) in [6.07, 6.45) is 1.14. The van der Waals surface area contributed by atoms with E-state index in [1.54, 1.807) is 0 Å². The minimum Gasteiger partial charge on any atom is -0.316 e. The molecule has 0 amide bonds. The third-order valence-corrected chi connectivity index (χ3v) is 4.54. The minimum absolute atomic E-state index is 0.344. The molecule has 0 aliphatic heterocycles. The second-order valence-electron chi connectivity index (χ2n) is 4.84. The summed E-state index contributed by atoms with van der Waals surface area (Å²) in [6.45, 7) is 4.16. The van der Waals surface area contributed by atoms with Gasteiger partial charge in [0.05, 0.1) is 5.02 Å². The normalized spacial score (nSPS) is 12.3. The molecule has 0 bridgehead atoms. The second-order valence-corrected chi connectivity index (χ2v) is 6.10. The Kier molecular flexibility index (Phi) is 6.08. The highest BCUT2D eigenvalue weighted by molar-refractivity contribution is 9.10. The summed E-state index contributed by atoms with van der Waals surface area (Å²) in [5, 5.41) is 4.27. The van der Waals surface area contributed by atoms with E-state index in [2.05, 4.69) is 70.6 Å². The van der Waals surface area contributed by atoms with Crippen LogP contribution in [0, 0.1) is 0 Å². The lowest BCUT2D eigenvalue weighted by molar-refractivity contribution is 0.627. The zero-order valence-electron chi connectivity index (χ0n) is 11.6. The van der Waals surface area contributed by atoms with Crippen molar-refractivity contribution in [2.24, 2.45) is 0 Å². The summed E-state index contributed by atoms with van der Waals surface area (Å²) < 4.78 is 0.952. The summed E-state index contributed by atoms with van der Waals surface area (Å²) in [5.74, 6) is 0.344. The predicted octanol–water partition coefficient (Wildman–Crippen LogP) is 5.23. The van der Waals surface area contributed by atoms with Gasteiger partial charge in [-0.15, -0.1) is 0 Å². The zero-order valence-corrected chi connectivity index (χ0v) is 13.9. The molecule has 2 aromatic rings. The predicted molar refractivity (Wildman–Crippen MR) is 90.6 cm³/mol. The van der Waals surface area contributed by atoms with Crippen LogP contribution in [0.1, 0.15) is 30.4 Å². The number of hydrogen-bond donors (Lipinski definition) is 1. The summed E-state index contributed by atoms with van der Waals surface area (Å²) in [5.41, 5.74) is 2.60. The van der Waals surface area contributed by atoms with Crippen molar-refractivity contribution in [2.75, 3.05) is 13.1 Å². The van der Waals surface area contributed by atoms with Crippen molar-refractivity contribution in [1.29, 1.82) is 0 Å². The van der Waals surface area contributed by atoms with E-state index in [0.717, 1.165) is 29.0 Å². The van der Waals surface area contributed by atoms with Gasteiger partial charge in [-0.3, -0.25) is 0 Å². The first-order valence-electron chi connectivity index (χ1n) is 6.93. The Morgan fingerprint density at radius 3 is 2.50 bits per heavy atom. The first kappa shape index (κ1) is 15.6. The van der Waals surface area contributed by atoms with E-state index in [0.29, 0.717) is 5.92 Å². The maximum atomic E-state index is 6.10. The summed E-state index contributed by atoms with van der Waals surface area (Å²) in [7, 11) is 0. The van der Waals surface area contributed by atoms with Crippen molar-refractivity contribution in [1.82, 2.24) is 5.32 Å². The van der Waals surface area contributed by atoms with Crippen molar-refractivity contribution in [3.05, 3.63) is 69.2 Å². The van der Waals surface area contributed by atoms with E-state index in [9.17, 15) is 0 Å². The standard InChI is InChI=1S/C17H19BrClN/c1-2-10-20-12-15(13-6-4-3-5-7-13)14-8-9-17(19)16(18)11-14/h3-9,11,15,20H,2,10,12H2,1H3. The molecule has 0 saturated heterocycles. The molecule has 0 aromatic heterocycles. The highest BCUT2D eigenvalue weighted by Crippen LogP contribution is 2.30. The summed E-state index contributed by atoms with van der Waals surface area (Å²) in [4.78, 5) is 0. The van der Waals surface area contributed by atoms with Gasteiger partial charge in [0.15, 0.2) is 0 Å².